The van der Waals surface area contributed by atoms with Crippen molar-refractivity contribution in [1.29, 1.82) is 0 Å². The van der Waals surface area contributed by atoms with E-state index in [0.717, 1.165) is 36.1 Å². The number of aromatic carboxylic acids is 1. The van der Waals surface area contributed by atoms with Crippen molar-refractivity contribution < 1.29 is 9.90 Å². The van der Waals surface area contributed by atoms with Crippen LogP contribution in [0.2, 0.25) is 0 Å². The van der Waals surface area contributed by atoms with Gasteiger partial charge in [0.05, 0.1) is 17.3 Å². The largest absolute Gasteiger partial charge is 0.478 e. The van der Waals surface area contributed by atoms with Crippen molar-refractivity contribution in [2.24, 2.45) is 13.0 Å². The van der Waals surface area contributed by atoms with E-state index >= 15 is 0 Å². The van der Waals surface area contributed by atoms with Crippen molar-refractivity contribution in [3.63, 3.8) is 0 Å². The maximum Gasteiger partial charge on any atom is 0.339 e. The van der Waals surface area contributed by atoms with Crippen molar-refractivity contribution in [3.8, 4) is 0 Å². The Morgan fingerprint density at radius 1 is 1.48 bits per heavy atom. The predicted molar refractivity (Wildman–Crippen MR) is 80.7 cm³/mol. The molecule has 1 aliphatic carbocycles. The molecule has 0 aliphatic heterocycles. The summed E-state index contributed by atoms with van der Waals surface area (Å²) in [6, 6.07) is 0.441. The van der Waals surface area contributed by atoms with Gasteiger partial charge >= 0.3 is 5.97 Å². The van der Waals surface area contributed by atoms with E-state index in [9.17, 15) is 9.90 Å². The number of hydrogen-bond acceptors (Lipinski definition) is 4. The van der Waals surface area contributed by atoms with E-state index in [2.05, 4.69) is 28.8 Å². The van der Waals surface area contributed by atoms with Crippen LogP contribution >= 0.6 is 0 Å². The second-order valence-corrected chi connectivity index (χ2v) is 6.11. The van der Waals surface area contributed by atoms with E-state index in [4.69, 9.17) is 0 Å². The third-order valence-corrected chi connectivity index (χ3v) is 3.80. The molecule has 1 aliphatic rings. The summed E-state index contributed by atoms with van der Waals surface area (Å²) in [6.45, 7) is 5.15. The van der Waals surface area contributed by atoms with Gasteiger partial charge in [0.15, 0.2) is 5.65 Å². The fraction of sp³-hybridized carbons (Fsp3) is 0.533. The minimum absolute atomic E-state index is 0.267. The first-order valence-electron chi connectivity index (χ1n) is 7.29. The van der Waals surface area contributed by atoms with Crippen molar-refractivity contribution in [1.82, 2.24) is 14.8 Å². The molecule has 0 saturated heterocycles. The first kappa shape index (κ1) is 13.9. The van der Waals surface area contributed by atoms with E-state index in [0.29, 0.717) is 12.0 Å². The lowest BCUT2D eigenvalue weighted by atomic mass is 10.1. The van der Waals surface area contributed by atoms with Gasteiger partial charge in [0.25, 0.3) is 0 Å². The summed E-state index contributed by atoms with van der Waals surface area (Å²) in [5.74, 6) is -0.468. The summed E-state index contributed by atoms with van der Waals surface area (Å²) < 4.78 is 1.69. The molecule has 2 aromatic heterocycles. The SMILES string of the molecule is CC(C)CN(c1c(C(=O)O)cnc2c1cnn2C)C1CC1. The summed E-state index contributed by atoms with van der Waals surface area (Å²) >= 11 is 0. The Morgan fingerprint density at radius 2 is 2.19 bits per heavy atom. The van der Waals surface area contributed by atoms with Gasteiger partial charge in [-0.1, -0.05) is 13.8 Å². The number of anilines is 1. The number of carboxylic acids is 1. The van der Waals surface area contributed by atoms with Gasteiger partial charge in [-0.15, -0.1) is 0 Å². The van der Waals surface area contributed by atoms with Crippen molar-refractivity contribution in [2.45, 2.75) is 32.7 Å². The highest BCUT2D eigenvalue weighted by molar-refractivity contribution is 6.03. The number of nitrogens with zero attached hydrogens (tertiary/aromatic N) is 4. The van der Waals surface area contributed by atoms with E-state index in [1.165, 1.54) is 6.20 Å². The average Bonchev–Trinajstić information content (AvgIpc) is 3.19. The quantitative estimate of drug-likeness (QED) is 0.914. The smallest absolute Gasteiger partial charge is 0.339 e. The van der Waals surface area contributed by atoms with E-state index in [1.807, 2.05) is 7.05 Å². The molecule has 2 heterocycles. The number of aryl methyl sites for hydroxylation is 1. The molecule has 0 spiro atoms. The highest BCUT2D eigenvalue weighted by Crippen LogP contribution is 2.38. The Labute approximate surface area is 123 Å². The predicted octanol–water partition coefficient (Wildman–Crippen LogP) is 2.29. The van der Waals surface area contributed by atoms with Crippen molar-refractivity contribution >= 4 is 22.7 Å². The molecule has 21 heavy (non-hydrogen) atoms. The lowest BCUT2D eigenvalue weighted by molar-refractivity contribution is 0.0697. The molecule has 1 N–H and O–H groups in total. The Morgan fingerprint density at radius 3 is 2.76 bits per heavy atom. The van der Waals surface area contributed by atoms with Gasteiger partial charge in [-0.25, -0.2) is 9.78 Å². The van der Waals surface area contributed by atoms with Crippen LogP contribution in [0.25, 0.3) is 11.0 Å². The molecule has 0 amide bonds. The van der Waals surface area contributed by atoms with Gasteiger partial charge in [-0.3, -0.25) is 4.68 Å². The third kappa shape index (κ3) is 2.46. The summed E-state index contributed by atoms with van der Waals surface area (Å²) in [6.07, 6.45) is 5.42. The Hall–Kier alpha value is -2.11. The molecule has 6 nitrogen and oxygen atoms in total. The molecule has 1 saturated carbocycles. The van der Waals surface area contributed by atoms with Gasteiger partial charge in [0.2, 0.25) is 0 Å². The zero-order chi connectivity index (χ0) is 15.1. The lowest BCUT2D eigenvalue weighted by Gasteiger charge is -2.28. The number of carboxylic acid groups (broad SMARTS) is 1. The monoisotopic (exact) mass is 288 g/mol. The maximum atomic E-state index is 11.6. The Balaban J connectivity index is 2.20. The molecular weight excluding hydrogens is 268 g/mol. The number of fused-ring (bicyclic) bond motifs is 1. The topological polar surface area (TPSA) is 71.2 Å². The Kier molecular flexibility index (Phi) is 3.31. The summed E-state index contributed by atoms with van der Waals surface area (Å²) in [4.78, 5) is 18.1. The van der Waals surface area contributed by atoms with Crippen molar-refractivity contribution in [3.05, 3.63) is 18.0 Å². The molecule has 1 fully saturated rings. The van der Waals surface area contributed by atoms with E-state index in [1.54, 1.807) is 10.9 Å². The zero-order valence-electron chi connectivity index (χ0n) is 12.6. The number of hydrogen-bond donors (Lipinski definition) is 1. The lowest BCUT2D eigenvalue weighted by Crippen LogP contribution is -2.31. The second kappa shape index (κ2) is 5.02. The summed E-state index contributed by atoms with van der Waals surface area (Å²) in [5, 5.41) is 14.6. The van der Waals surface area contributed by atoms with Crippen LogP contribution in [0.15, 0.2) is 12.4 Å². The molecule has 2 aromatic rings. The molecule has 0 unspecified atom stereocenters. The molecule has 0 aromatic carbocycles. The molecule has 0 bridgehead atoms. The van der Waals surface area contributed by atoms with Crippen molar-refractivity contribution in [2.75, 3.05) is 11.4 Å². The van der Waals surface area contributed by atoms with Crippen LogP contribution < -0.4 is 4.90 Å². The third-order valence-electron chi connectivity index (χ3n) is 3.80. The first-order valence-corrected chi connectivity index (χ1v) is 7.29. The number of carbonyl (C=O) groups is 1. The van der Waals surface area contributed by atoms with E-state index in [-0.39, 0.29) is 5.56 Å². The molecular formula is C15H20N4O2. The summed E-state index contributed by atoms with van der Waals surface area (Å²) in [5.41, 5.74) is 1.77. The van der Waals surface area contributed by atoms with Crippen LogP contribution in [0.1, 0.15) is 37.0 Å². The molecule has 112 valence electrons. The van der Waals surface area contributed by atoms with Gasteiger partial charge in [-0.05, 0) is 18.8 Å². The number of aromatic nitrogens is 3. The molecule has 3 rings (SSSR count). The fourth-order valence-corrected chi connectivity index (χ4v) is 2.75. The average molecular weight is 288 g/mol. The van der Waals surface area contributed by atoms with Crippen LogP contribution in [-0.2, 0) is 7.05 Å². The van der Waals surface area contributed by atoms with Crippen LogP contribution in [0, 0.1) is 5.92 Å². The van der Waals surface area contributed by atoms with Gasteiger partial charge in [0, 0.05) is 25.8 Å². The van der Waals surface area contributed by atoms with Crippen LogP contribution in [0.4, 0.5) is 5.69 Å². The number of pyridine rings is 1. The van der Waals surface area contributed by atoms with E-state index < -0.39 is 5.97 Å². The van der Waals surface area contributed by atoms with Crippen LogP contribution in [0.3, 0.4) is 0 Å². The Bertz CT molecular complexity index is 688. The summed E-state index contributed by atoms with van der Waals surface area (Å²) in [7, 11) is 1.82. The van der Waals surface area contributed by atoms with Gasteiger partial charge in [-0.2, -0.15) is 5.10 Å². The maximum absolute atomic E-state index is 11.6. The highest BCUT2D eigenvalue weighted by atomic mass is 16.4. The molecule has 6 heteroatoms. The standard InChI is InChI=1S/C15H20N4O2/c1-9(2)8-19(10-4-5-10)13-11-7-17-18(3)14(11)16-6-12(13)15(20)21/h6-7,9-10H,4-5,8H2,1-3H3,(H,20,21). The normalized spacial score (nSPS) is 14.9. The van der Waals surface area contributed by atoms with Crippen LogP contribution in [0.5, 0.6) is 0 Å². The first-order chi connectivity index (χ1) is 9.99. The highest BCUT2D eigenvalue weighted by Gasteiger charge is 2.33. The molecule has 0 radical (unpaired) electrons. The fourth-order valence-electron chi connectivity index (χ4n) is 2.75. The zero-order valence-corrected chi connectivity index (χ0v) is 12.6. The van der Waals surface area contributed by atoms with Gasteiger partial charge < -0.3 is 10.0 Å². The van der Waals surface area contributed by atoms with Crippen LogP contribution in [-0.4, -0.2) is 38.4 Å². The minimum atomic E-state index is -0.933. The van der Waals surface area contributed by atoms with Gasteiger partial charge in [0.1, 0.15) is 5.56 Å². The molecule has 0 atom stereocenters. The minimum Gasteiger partial charge on any atom is -0.478 e. The number of rotatable bonds is 5. The second-order valence-electron chi connectivity index (χ2n) is 6.11.